The minimum Gasteiger partial charge on any atom is -0.300 e. The highest BCUT2D eigenvalue weighted by molar-refractivity contribution is 7.87. The van der Waals surface area contributed by atoms with Crippen molar-refractivity contribution in [2.45, 2.75) is 19.6 Å². The molecule has 59 heavy (non-hydrogen) atoms. The van der Waals surface area contributed by atoms with E-state index < -0.39 is 60.1 Å². The van der Waals surface area contributed by atoms with Crippen LogP contribution in [-0.2, 0) is 40.5 Å². The van der Waals surface area contributed by atoms with Crippen LogP contribution in [0.15, 0.2) is 136 Å². The highest BCUT2D eigenvalue weighted by Crippen LogP contribution is 2.41. The first-order chi connectivity index (χ1) is 27.6. The third-order valence-corrected chi connectivity index (χ3v) is 12.1. The molecule has 26 heteroatoms. The SMILES string of the molecule is N=c1nc(Cl)[nH]c(=Nc2ccc(N=Nc3ccc(N=Nc4cc(S(=O)(=O)O)c5cccc(S(=O)(=O)O)c5c4)c4cc(S(=O)(=O)O)ccc34)c3cccc(S(=O)(=O)O)c23)[nH]1. The maximum Gasteiger partial charge on any atom is 0.295 e. The molecule has 0 saturated heterocycles. The summed E-state index contributed by atoms with van der Waals surface area (Å²) in [5, 5.41) is 23.9. The molecule has 21 nitrogen and oxygen atoms in total. The van der Waals surface area contributed by atoms with Gasteiger partial charge in [-0.15, -0.1) is 15.3 Å². The zero-order valence-corrected chi connectivity index (χ0v) is 32.9. The molecule has 302 valence electrons. The maximum atomic E-state index is 12.5. The van der Waals surface area contributed by atoms with Crippen molar-refractivity contribution < 1.29 is 51.9 Å². The number of fused-ring (bicyclic) bond motifs is 3. The lowest BCUT2D eigenvalue weighted by molar-refractivity contribution is 0.481. The van der Waals surface area contributed by atoms with Crippen molar-refractivity contribution >= 4 is 113 Å². The van der Waals surface area contributed by atoms with Gasteiger partial charge in [-0.2, -0.15) is 43.8 Å². The third-order valence-electron chi connectivity index (χ3n) is 8.37. The molecule has 0 amide bonds. The number of aromatic amines is 2. The molecule has 0 atom stereocenters. The topological polar surface area (TPSA) is 348 Å². The number of rotatable bonds is 9. The average molecular weight is 900 g/mol. The molecule has 0 saturated carbocycles. The van der Waals surface area contributed by atoms with Crippen molar-refractivity contribution in [2.24, 2.45) is 25.4 Å². The molecule has 7 N–H and O–H groups in total. The lowest BCUT2D eigenvalue weighted by Crippen LogP contribution is -2.25. The van der Waals surface area contributed by atoms with E-state index in [9.17, 15) is 51.9 Å². The molecule has 0 spiro atoms. The van der Waals surface area contributed by atoms with Gasteiger partial charge < -0.3 is 4.98 Å². The van der Waals surface area contributed by atoms with Crippen LogP contribution >= 0.6 is 11.6 Å². The predicted molar refractivity (Wildman–Crippen MR) is 208 cm³/mol. The fourth-order valence-electron chi connectivity index (χ4n) is 5.96. The Bertz CT molecular complexity index is 3610. The summed E-state index contributed by atoms with van der Waals surface area (Å²) in [4.78, 5) is 10.5. The van der Waals surface area contributed by atoms with Gasteiger partial charge in [-0.3, -0.25) is 28.6 Å². The van der Waals surface area contributed by atoms with Crippen LogP contribution in [0.3, 0.4) is 0 Å². The minimum absolute atomic E-state index is 0.000294. The van der Waals surface area contributed by atoms with Crippen molar-refractivity contribution in [3.63, 3.8) is 0 Å². The molecule has 0 aliphatic heterocycles. The number of azo groups is 2. The number of aromatic nitrogens is 3. The number of benzene rings is 6. The Balaban J connectivity index is 1.39. The molecule has 0 bridgehead atoms. The monoisotopic (exact) mass is 899 g/mol. The van der Waals surface area contributed by atoms with E-state index in [0.717, 1.165) is 42.5 Å². The van der Waals surface area contributed by atoms with Crippen molar-refractivity contribution in [1.82, 2.24) is 15.0 Å². The Hall–Kier alpha value is -6.16. The van der Waals surface area contributed by atoms with E-state index in [2.05, 4.69) is 40.4 Å². The first kappa shape index (κ1) is 41.0. The van der Waals surface area contributed by atoms with Gasteiger partial charge in [0.2, 0.25) is 16.5 Å². The zero-order valence-electron chi connectivity index (χ0n) is 28.9. The van der Waals surface area contributed by atoms with E-state index in [1.54, 1.807) is 0 Å². The van der Waals surface area contributed by atoms with Crippen LogP contribution in [-0.4, -0.2) is 66.8 Å². The van der Waals surface area contributed by atoms with Gasteiger partial charge in [0.25, 0.3) is 40.5 Å². The van der Waals surface area contributed by atoms with Gasteiger partial charge >= 0.3 is 0 Å². The Morgan fingerprint density at radius 3 is 1.69 bits per heavy atom. The summed E-state index contributed by atoms with van der Waals surface area (Å²) >= 11 is 5.91. The van der Waals surface area contributed by atoms with Gasteiger partial charge in [0.15, 0.2) is 0 Å². The number of nitrogens with zero attached hydrogens (tertiary/aromatic N) is 6. The molecule has 0 radical (unpaired) electrons. The fraction of sp³-hybridized carbons (Fsp3) is 0. The Kier molecular flexibility index (Phi) is 10.4. The Labute approximate surface area is 336 Å². The maximum absolute atomic E-state index is 12.5. The molecule has 0 unspecified atom stereocenters. The summed E-state index contributed by atoms with van der Waals surface area (Å²) < 4.78 is 138. The summed E-state index contributed by atoms with van der Waals surface area (Å²) in [7, 11) is -19.5. The van der Waals surface area contributed by atoms with Crippen molar-refractivity contribution in [3.8, 4) is 0 Å². The van der Waals surface area contributed by atoms with Gasteiger partial charge in [-0.1, -0.05) is 30.3 Å². The second kappa shape index (κ2) is 14.9. The third kappa shape index (κ3) is 8.53. The molecule has 0 aliphatic carbocycles. The Morgan fingerprint density at radius 1 is 0.525 bits per heavy atom. The number of hydrogen-bond acceptors (Lipinski definition) is 15. The normalized spacial score (nSPS) is 13.4. The number of halogens is 1. The molecule has 7 aromatic rings. The van der Waals surface area contributed by atoms with Crippen LogP contribution in [0.4, 0.5) is 28.4 Å². The summed E-state index contributed by atoms with van der Waals surface area (Å²) in [5.41, 5.74) is -0.740. The highest BCUT2D eigenvalue weighted by atomic mass is 35.5. The molecular weight excluding hydrogens is 878 g/mol. The number of nitrogens with one attached hydrogen (secondary N) is 3. The van der Waals surface area contributed by atoms with Crippen LogP contribution < -0.4 is 11.2 Å². The minimum atomic E-state index is -4.99. The van der Waals surface area contributed by atoms with Gasteiger partial charge in [0, 0.05) is 32.3 Å². The van der Waals surface area contributed by atoms with E-state index in [4.69, 9.17) is 17.0 Å². The van der Waals surface area contributed by atoms with Crippen molar-refractivity contribution in [3.05, 3.63) is 108 Å². The van der Waals surface area contributed by atoms with E-state index in [1.807, 2.05) is 0 Å². The average Bonchev–Trinajstić information content (AvgIpc) is 3.14. The van der Waals surface area contributed by atoms with Crippen LogP contribution in [0.1, 0.15) is 0 Å². The molecule has 7 rings (SSSR count). The fourth-order valence-corrected chi connectivity index (χ4v) is 8.79. The largest absolute Gasteiger partial charge is 0.300 e. The first-order valence-electron chi connectivity index (χ1n) is 16.0. The second-order valence-electron chi connectivity index (χ2n) is 12.2. The first-order valence-corrected chi connectivity index (χ1v) is 22.1. The quantitative estimate of drug-likeness (QED) is 0.0611. The van der Waals surface area contributed by atoms with Crippen LogP contribution in [0.5, 0.6) is 0 Å². The zero-order chi connectivity index (χ0) is 42.7. The summed E-state index contributed by atoms with van der Waals surface area (Å²) in [6.07, 6.45) is 0. The Morgan fingerprint density at radius 2 is 1.08 bits per heavy atom. The highest BCUT2D eigenvalue weighted by Gasteiger charge is 2.22. The van der Waals surface area contributed by atoms with E-state index in [-0.39, 0.29) is 77.3 Å². The second-order valence-corrected chi connectivity index (χ2v) is 18.1. The van der Waals surface area contributed by atoms with Crippen LogP contribution in [0.2, 0.25) is 5.28 Å². The van der Waals surface area contributed by atoms with Gasteiger partial charge in [-0.25, -0.2) is 4.99 Å². The lowest BCUT2D eigenvalue weighted by atomic mass is 10.1. The van der Waals surface area contributed by atoms with Crippen molar-refractivity contribution in [1.29, 1.82) is 5.41 Å². The smallest absolute Gasteiger partial charge is 0.295 e. The van der Waals surface area contributed by atoms with Crippen LogP contribution in [0, 0.1) is 5.41 Å². The molecular formula is C33H22ClN9O12S4. The molecule has 6 aromatic carbocycles. The van der Waals surface area contributed by atoms with E-state index in [1.165, 1.54) is 48.5 Å². The summed E-state index contributed by atoms with van der Waals surface area (Å²) in [6, 6.07) is 18.0. The van der Waals surface area contributed by atoms with Crippen molar-refractivity contribution in [2.75, 3.05) is 0 Å². The van der Waals surface area contributed by atoms with Gasteiger partial charge in [0.1, 0.15) is 14.7 Å². The molecule has 0 fully saturated rings. The lowest BCUT2D eigenvalue weighted by Gasteiger charge is -2.10. The number of hydrogen-bond donors (Lipinski definition) is 7. The van der Waals surface area contributed by atoms with Gasteiger partial charge in [-0.05, 0) is 72.3 Å². The molecule has 1 heterocycles. The van der Waals surface area contributed by atoms with E-state index >= 15 is 0 Å². The summed E-state index contributed by atoms with van der Waals surface area (Å²) in [5.74, 6) is 0. The predicted octanol–water partition coefficient (Wildman–Crippen LogP) is 6.38. The standard InChI is InChI=1S/C33H22ClN9O12S4/c34-31-37-32(35)39-33(38-31)36-26-12-11-24(20-4-2-6-28(30(20)26)58(50,51)52)43-42-23-9-10-25(21-15-17(56(44,45)46)7-8-18(21)23)41-40-16-13-22-19(29(14-16)59(53,54)55)3-1-5-27(22)57(47,48)49/h1-15H,(H,44,45,46)(H,47,48,49)(H,50,51,52)(H,53,54,55)(H3,35,36,37,38,39). The molecule has 0 aliphatic rings. The number of H-pyrrole nitrogens is 2. The molecule has 1 aromatic heterocycles. The van der Waals surface area contributed by atoms with Gasteiger partial charge in [0.05, 0.1) is 33.3 Å². The van der Waals surface area contributed by atoms with E-state index in [0.29, 0.717) is 0 Å². The van der Waals surface area contributed by atoms with Crippen LogP contribution in [0.25, 0.3) is 32.3 Å². The summed E-state index contributed by atoms with van der Waals surface area (Å²) in [6.45, 7) is 0.